The van der Waals surface area contributed by atoms with Crippen LogP contribution in [0.15, 0.2) is 60.9 Å². The molecule has 2 aromatic heterocycles. The first-order chi connectivity index (χ1) is 18.5. The van der Waals surface area contributed by atoms with Crippen molar-refractivity contribution in [1.29, 1.82) is 0 Å². The number of hydrogen-bond acceptors (Lipinski definition) is 4. The highest BCUT2D eigenvalue weighted by Gasteiger charge is 2.18. The molecule has 202 valence electrons. The summed E-state index contributed by atoms with van der Waals surface area (Å²) >= 11 is 1.54. The van der Waals surface area contributed by atoms with Gasteiger partial charge in [-0.1, -0.05) is 25.6 Å². The van der Waals surface area contributed by atoms with Gasteiger partial charge in [0.25, 0.3) is 0 Å². The first-order valence-electron chi connectivity index (χ1n) is 12.0. The molecule has 2 heterocycles. The molecular weight excluding hydrogens is 523 g/mol. The summed E-state index contributed by atoms with van der Waals surface area (Å²) in [6.45, 7) is 0. The fraction of sp³-hybridized carbons (Fsp3) is 0.200. The molecule has 0 atom stereocenters. The third-order valence-corrected chi connectivity index (χ3v) is 6.84. The number of rotatable bonds is 10. The van der Waals surface area contributed by atoms with Crippen LogP contribution in [0.3, 0.4) is 0 Å². The Morgan fingerprint density at radius 2 is 1.87 bits per heavy atom. The Bertz CT molecular complexity index is 1610. The average Bonchev–Trinajstić information content (AvgIpc) is 3.57. The molecule has 0 unspecified atom stereocenters. The largest absolute Gasteiger partial charge is 0.454 e. The minimum atomic E-state index is -0.536. The maximum atomic E-state index is 15.0. The van der Waals surface area contributed by atoms with E-state index in [1.807, 2.05) is 12.3 Å². The first-order valence-corrected chi connectivity index (χ1v) is 13.4. The van der Waals surface area contributed by atoms with Crippen molar-refractivity contribution < 1.29 is 22.7 Å². The van der Waals surface area contributed by atoms with E-state index in [4.69, 9.17) is 4.74 Å². The average molecular weight is 552 g/mol. The highest BCUT2D eigenvalue weighted by molar-refractivity contribution is 7.97. The van der Waals surface area contributed by atoms with E-state index in [0.29, 0.717) is 40.1 Å². The Balaban J connectivity index is 0.00000353. The number of nitrogens with zero attached hydrogens (tertiary/aromatic N) is 1. The Morgan fingerprint density at radius 3 is 2.67 bits per heavy atom. The summed E-state index contributed by atoms with van der Waals surface area (Å²) in [6.07, 6.45) is 6.73. The number of fused-ring (bicyclic) bond motifs is 1. The van der Waals surface area contributed by atoms with Gasteiger partial charge in [0, 0.05) is 59.2 Å². The SMILES string of the molecule is C.CSCc1c(Oc2ccc(F)c(-c3ncc(Cc4cccc(CCC=O)c4F)[nH]3)c2)c(F)cc2[nH]ccc12. The quantitative estimate of drug-likeness (QED) is 0.173. The molecule has 0 amide bonds. The molecule has 2 N–H and O–H groups in total. The van der Waals surface area contributed by atoms with Crippen molar-refractivity contribution in [3.63, 3.8) is 0 Å². The number of thioether (sulfide) groups is 1. The van der Waals surface area contributed by atoms with Crippen LogP contribution in [-0.2, 0) is 23.4 Å². The first kappa shape index (κ1) is 28.0. The highest BCUT2D eigenvalue weighted by Crippen LogP contribution is 2.37. The summed E-state index contributed by atoms with van der Waals surface area (Å²) in [5.74, 6) is -0.303. The topological polar surface area (TPSA) is 70.8 Å². The number of imidazole rings is 1. The summed E-state index contributed by atoms with van der Waals surface area (Å²) in [5, 5.41) is 0.858. The maximum Gasteiger partial charge on any atom is 0.168 e. The number of aromatic amines is 2. The van der Waals surface area contributed by atoms with E-state index < -0.39 is 11.6 Å². The van der Waals surface area contributed by atoms with Gasteiger partial charge in [0.1, 0.15) is 29.5 Å². The van der Waals surface area contributed by atoms with Crippen LogP contribution in [0.25, 0.3) is 22.3 Å². The van der Waals surface area contributed by atoms with Gasteiger partial charge in [-0.25, -0.2) is 18.2 Å². The molecule has 0 spiro atoms. The van der Waals surface area contributed by atoms with Gasteiger partial charge in [0.15, 0.2) is 11.6 Å². The number of ether oxygens (including phenoxy) is 1. The second-order valence-corrected chi connectivity index (χ2v) is 9.68. The number of nitrogens with one attached hydrogen (secondary N) is 2. The lowest BCUT2D eigenvalue weighted by atomic mass is 10.0. The Kier molecular flexibility index (Phi) is 8.81. The zero-order valence-electron chi connectivity index (χ0n) is 20.5. The molecule has 9 heteroatoms. The van der Waals surface area contributed by atoms with Gasteiger partial charge >= 0.3 is 0 Å². The monoisotopic (exact) mass is 551 g/mol. The highest BCUT2D eigenvalue weighted by atomic mass is 32.2. The second kappa shape index (κ2) is 12.3. The molecule has 39 heavy (non-hydrogen) atoms. The van der Waals surface area contributed by atoms with Gasteiger partial charge < -0.3 is 19.5 Å². The number of carbonyl (C=O) groups is 1. The molecule has 5 rings (SSSR count). The number of hydrogen-bond donors (Lipinski definition) is 2. The number of benzene rings is 3. The van der Waals surface area contributed by atoms with Crippen LogP contribution in [0, 0.1) is 17.5 Å². The third-order valence-electron chi connectivity index (χ3n) is 6.27. The number of carbonyl (C=O) groups excluding carboxylic acids is 1. The van der Waals surface area contributed by atoms with E-state index in [2.05, 4.69) is 15.0 Å². The molecule has 0 aliphatic carbocycles. The second-order valence-electron chi connectivity index (χ2n) is 8.81. The van der Waals surface area contributed by atoms with Crippen LogP contribution in [-0.4, -0.2) is 27.5 Å². The van der Waals surface area contributed by atoms with Crippen LogP contribution >= 0.6 is 11.8 Å². The smallest absolute Gasteiger partial charge is 0.168 e. The van der Waals surface area contributed by atoms with Crippen molar-refractivity contribution in [2.75, 3.05) is 6.26 Å². The normalized spacial score (nSPS) is 11.0. The lowest BCUT2D eigenvalue weighted by Crippen LogP contribution is -1.99. The number of aldehydes is 1. The van der Waals surface area contributed by atoms with Gasteiger partial charge in [-0.05, 0) is 48.1 Å². The zero-order chi connectivity index (χ0) is 26.6. The molecular formula is C30H28F3N3O2S. The Labute approximate surface area is 228 Å². The molecule has 5 nitrogen and oxygen atoms in total. The van der Waals surface area contributed by atoms with Crippen molar-refractivity contribution in [3.05, 3.63) is 101 Å². The van der Waals surface area contributed by atoms with Crippen molar-refractivity contribution in [1.82, 2.24) is 15.0 Å². The standard InChI is InChI=1S/C29H24F3N3O2S.CH4/c1-38-16-23-21-9-10-33-26(21)14-25(31)28(23)37-20-7-8-24(30)22(13-20)29-34-15-19(35-29)12-18-5-2-4-17(27(18)32)6-3-11-36;/h2,4-5,7-11,13-15,33H,3,6,12,16H2,1H3,(H,34,35);1H4. The van der Waals surface area contributed by atoms with E-state index in [-0.39, 0.29) is 49.0 Å². The van der Waals surface area contributed by atoms with Crippen molar-refractivity contribution >= 4 is 29.0 Å². The van der Waals surface area contributed by atoms with Crippen molar-refractivity contribution in [2.45, 2.75) is 32.4 Å². The lowest BCUT2D eigenvalue weighted by Gasteiger charge is -2.14. The van der Waals surface area contributed by atoms with E-state index in [1.54, 1.807) is 36.2 Å². The molecule has 0 saturated heterocycles. The number of H-pyrrole nitrogens is 2. The van der Waals surface area contributed by atoms with Crippen LogP contribution < -0.4 is 4.74 Å². The summed E-state index contributed by atoms with van der Waals surface area (Å²) in [5.41, 5.74) is 3.02. The number of aromatic nitrogens is 3. The fourth-order valence-corrected chi connectivity index (χ4v) is 5.03. The summed E-state index contributed by atoms with van der Waals surface area (Å²) in [6, 6.07) is 12.4. The van der Waals surface area contributed by atoms with E-state index in [1.165, 1.54) is 30.5 Å². The molecule has 0 aliphatic rings. The number of aryl methyl sites for hydroxylation is 1. The van der Waals surface area contributed by atoms with Crippen molar-refractivity contribution in [2.24, 2.45) is 0 Å². The molecule has 0 fully saturated rings. The van der Waals surface area contributed by atoms with Crippen molar-refractivity contribution in [3.8, 4) is 22.9 Å². The van der Waals surface area contributed by atoms with Crippen LogP contribution in [0.4, 0.5) is 13.2 Å². The van der Waals surface area contributed by atoms with Crippen LogP contribution in [0.1, 0.15) is 36.2 Å². The minimum Gasteiger partial charge on any atom is -0.454 e. The predicted octanol–water partition coefficient (Wildman–Crippen LogP) is 7.99. The zero-order valence-corrected chi connectivity index (χ0v) is 21.3. The lowest BCUT2D eigenvalue weighted by molar-refractivity contribution is -0.107. The summed E-state index contributed by atoms with van der Waals surface area (Å²) < 4.78 is 50.7. The molecule has 0 bridgehead atoms. The minimum absolute atomic E-state index is 0. The summed E-state index contributed by atoms with van der Waals surface area (Å²) in [7, 11) is 0. The maximum absolute atomic E-state index is 15.0. The Morgan fingerprint density at radius 1 is 1.05 bits per heavy atom. The molecule has 0 aliphatic heterocycles. The summed E-state index contributed by atoms with van der Waals surface area (Å²) in [4.78, 5) is 21.0. The number of halogens is 3. The van der Waals surface area contributed by atoms with Crippen LogP contribution in [0.2, 0.25) is 0 Å². The van der Waals surface area contributed by atoms with E-state index >= 15 is 4.39 Å². The van der Waals surface area contributed by atoms with E-state index in [9.17, 15) is 13.6 Å². The predicted molar refractivity (Wildman–Crippen MR) is 150 cm³/mol. The van der Waals surface area contributed by atoms with Gasteiger partial charge in [-0.2, -0.15) is 11.8 Å². The molecule has 5 aromatic rings. The van der Waals surface area contributed by atoms with Gasteiger partial charge in [0.2, 0.25) is 0 Å². The van der Waals surface area contributed by atoms with E-state index in [0.717, 1.165) is 11.7 Å². The molecule has 3 aromatic carbocycles. The van der Waals surface area contributed by atoms with Gasteiger partial charge in [0.05, 0.1) is 5.56 Å². The Hall–Kier alpha value is -3.98. The van der Waals surface area contributed by atoms with Gasteiger partial charge in [-0.15, -0.1) is 0 Å². The molecule has 0 saturated carbocycles. The van der Waals surface area contributed by atoms with Gasteiger partial charge in [-0.3, -0.25) is 0 Å². The van der Waals surface area contributed by atoms with Crippen LogP contribution in [0.5, 0.6) is 11.5 Å². The third kappa shape index (κ3) is 5.88. The fourth-order valence-electron chi connectivity index (χ4n) is 4.46. The molecule has 0 radical (unpaired) electrons.